The SMILES string of the molecule is CCCCCCC(C)C(CC)C1C(C)NC1C. The smallest absolute Gasteiger partial charge is 0.00871 e. The van der Waals surface area contributed by atoms with E-state index in [0.717, 1.165) is 29.8 Å². The summed E-state index contributed by atoms with van der Waals surface area (Å²) in [5, 5.41) is 3.60. The minimum Gasteiger partial charge on any atom is -0.311 e. The second kappa shape index (κ2) is 7.41. The molecule has 0 aromatic heterocycles. The molecule has 0 aromatic carbocycles. The predicted molar refractivity (Wildman–Crippen MR) is 77.3 cm³/mol. The van der Waals surface area contributed by atoms with Gasteiger partial charge in [-0.25, -0.2) is 0 Å². The van der Waals surface area contributed by atoms with E-state index in [1.165, 1.54) is 38.5 Å². The van der Waals surface area contributed by atoms with Gasteiger partial charge in [0.1, 0.15) is 0 Å². The Morgan fingerprint density at radius 3 is 2.12 bits per heavy atom. The summed E-state index contributed by atoms with van der Waals surface area (Å²) in [6.07, 6.45) is 8.44. The lowest BCUT2D eigenvalue weighted by Crippen LogP contribution is -2.61. The highest BCUT2D eigenvalue weighted by Crippen LogP contribution is 2.37. The van der Waals surface area contributed by atoms with Gasteiger partial charge in [-0.2, -0.15) is 0 Å². The van der Waals surface area contributed by atoms with Crippen LogP contribution in [0.25, 0.3) is 0 Å². The Morgan fingerprint density at radius 2 is 1.65 bits per heavy atom. The molecule has 0 saturated carbocycles. The summed E-state index contributed by atoms with van der Waals surface area (Å²) in [6, 6.07) is 1.49. The fourth-order valence-electron chi connectivity index (χ4n) is 3.85. The molecule has 0 radical (unpaired) electrons. The first-order valence-electron chi connectivity index (χ1n) is 7.87. The summed E-state index contributed by atoms with van der Waals surface area (Å²) in [5.41, 5.74) is 0. The van der Waals surface area contributed by atoms with Crippen LogP contribution in [0.2, 0.25) is 0 Å². The first-order valence-corrected chi connectivity index (χ1v) is 7.87. The van der Waals surface area contributed by atoms with Gasteiger partial charge in [0.25, 0.3) is 0 Å². The van der Waals surface area contributed by atoms with Crippen LogP contribution in [0, 0.1) is 17.8 Å². The van der Waals surface area contributed by atoms with Gasteiger partial charge in [-0.15, -0.1) is 0 Å². The summed E-state index contributed by atoms with van der Waals surface area (Å²) in [6.45, 7) is 11.9. The van der Waals surface area contributed by atoms with E-state index in [-0.39, 0.29) is 0 Å². The summed E-state index contributed by atoms with van der Waals surface area (Å²) < 4.78 is 0. The van der Waals surface area contributed by atoms with E-state index in [1.54, 1.807) is 0 Å². The second-order valence-electron chi connectivity index (χ2n) is 6.22. The fourth-order valence-corrected chi connectivity index (χ4v) is 3.85. The molecule has 0 amide bonds. The molecule has 1 aliphatic heterocycles. The van der Waals surface area contributed by atoms with Crippen LogP contribution in [0.4, 0.5) is 0 Å². The maximum atomic E-state index is 3.60. The molecule has 1 fully saturated rings. The van der Waals surface area contributed by atoms with Crippen LogP contribution in [0.3, 0.4) is 0 Å². The Bertz CT molecular complexity index is 194. The largest absolute Gasteiger partial charge is 0.311 e. The quantitative estimate of drug-likeness (QED) is 0.610. The third-order valence-corrected chi connectivity index (χ3v) is 4.89. The molecule has 1 aliphatic rings. The number of hydrogen-bond acceptors (Lipinski definition) is 1. The molecule has 1 saturated heterocycles. The van der Waals surface area contributed by atoms with Crippen molar-refractivity contribution in [2.45, 2.75) is 85.2 Å². The van der Waals surface area contributed by atoms with E-state index in [0.29, 0.717) is 0 Å². The molecule has 4 atom stereocenters. The van der Waals surface area contributed by atoms with Gasteiger partial charge in [0, 0.05) is 12.1 Å². The number of hydrogen-bond donors (Lipinski definition) is 1. The normalized spacial score (nSPS) is 31.9. The average molecular weight is 239 g/mol. The highest BCUT2D eigenvalue weighted by Gasteiger charge is 2.40. The van der Waals surface area contributed by atoms with Crippen molar-refractivity contribution in [1.82, 2.24) is 5.32 Å². The van der Waals surface area contributed by atoms with E-state index in [2.05, 4.69) is 39.9 Å². The average Bonchev–Trinajstić information content (AvgIpc) is 2.31. The maximum Gasteiger partial charge on any atom is 0.00871 e. The summed E-state index contributed by atoms with van der Waals surface area (Å²) >= 11 is 0. The second-order valence-corrected chi connectivity index (χ2v) is 6.22. The minimum absolute atomic E-state index is 0.744. The summed E-state index contributed by atoms with van der Waals surface area (Å²) in [4.78, 5) is 0. The molecule has 1 rings (SSSR count). The molecule has 1 N–H and O–H groups in total. The highest BCUT2D eigenvalue weighted by atomic mass is 15.0. The Hall–Kier alpha value is -0.0400. The lowest BCUT2D eigenvalue weighted by atomic mass is 9.68. The fraction of sp³-hybridized carbons (Fsp3) is 1.00. The van der Waals surface area contributed by atoms with E-state index < -0.39 is 0 Å². The summed E-state index contributed by atoms with van der Waals surface area (Å²) in [5.74, 6) is 2.76. The van der Waals surface area contributed by atoms with Crippen LogP contribution >= 0.6 is 0 Å². The van der Waals surface area contributed by atoms with Crippen molar-refractivity contribution in [3.05, 3.63) is 0 Å². The van der Waals surface area contributed by atoms with E-state index in [1.807, 2.05) is 0 Å². The lowest BCUT2D eigenvalue weighted by molar-refractivity contribution is 0.0640. The van der Waals surface area contributed by atoms with Gasteiger partial charge < -0.3 is 5.32 Å². The number of unbranched alkanes of at least 4 members (excludes halogenated alkanes) is 3. The molecule has 102 valence electrons. The van der Waals surface area contributed by atoms with E-state index >= 15 is 0 Å². The van der Waals surface area contributed by atoms with Crippen LogP contribution in [0.5, 0.6) is 0 Å². The molecule has 17 heavy (non-hydrogen) atoms. The van der Waals surface area contributed by atoms with Crippen LogP contribution in [-0.4, -0.2) is 12.1 Å². The number of nitrogens with one attached hydrogen (secondary N) is 1. The highest BCUT2D eigenvalue weighted by molar-refractivity contribution is 4.96. The third-order valence-electron chi connectivity index (χ3n) is 4.89. The molecule has 1 heteroatoms. The lowest BCUT2D eigenvalue weighted by Gasteiger charge is -2.49. The van der Waals surface area contributed by atoms with Crippen LogP contribution in [0.15, 0.2) is 0 Å². The van der Waals surface area contributed by atoms with Gasteiger partial charge in [0.05, 0.1) is 0 Å². The van der Waals surface area contributed by atoms with Gasteiger partial charge >= 0.3 is 0 Å². The van der Waals surface area contributed by atoms with Crippen molar-refractivity contribution in [2.75, 3.05) is 0 Å². The van der Waals surface area contributed by atoms with E-state index in [4.69, 9.17) is 0 Å². The minimum atomic E-state index is 0.744. The van der Waals surface area contributed by atoms with Crippen molar-refractivity contribution in [2.24, 2.45) is 17.8 Å². The molecule has 0 bridgehead atoms. The maximum absolute atomic E-state index is 3.60. The number of rotatable bonds is 8. The first-order chi connectivity index (χ1) is 8.11. The zero-order valence-corrected chi connectivity index (χ0v) is 12.6. The monoisotopic (exact) mass is 239 g/mol. The van der Waals surface area contributed by atoms with Gasteiger partial charge in [0.15, 0.2) is 0 Å². The van der Waals surface area contributed by atoms with Gasteiger partial charge in [-0.05, 0) is 31.6 Å². The van der Waals surface area contributed by atoms with Crippen molar-refractivity contribution >= 4 is 0 Å². The van der Waals surface area contributed by atoms with Crippen molar-refractivity contribution in [3.8, 4) is 0 Å². The Balaban J connectivity index is 2.33. The predicted octanol–water partition coefficient (Wildman–Crippen LogP) is 4.62. The standard InChI is InChI=1S/C16H33N/c1-6-8-9-10-11-12(3)15(7-2)16-13(4)17-14(16)5/h12-17H,6-11H2,1-5H3. The summed E-state index contributed by atoms with van der Waals surface area (Å²) in [7, 11) is 0. The molecular weight excluding hydrogens is 206 g/mol. The van der Waals surface area contributed by atoms with E-state index in [9.17, 15) is 0 Å². The Labute approximate surface area is 109 Å². The molecule has 0 spiro atoms. The van der Waals surface area contributed by atoms with Gasteiger partial charge in [-0.1, -0.05) is 59.3 Å². The zero-order chi connectivity index (χ0) is 12.8. The van der Waals surface area contributed by atoms with Crippen LogP contribution in [-0.2, 0) is 0 Å². The topological polar surface area (TPSA) is 12.0 Å². The van der Waals surface area contributed by atoms with Crippen molar-refractivity contribution < 1.29 is 0 Å². The van der Waals surface area contributed by atoms with Gasteiger partial charge in [-0.3, -0.25) is 0 Å². The van der Waals surface area contributed by atoms with Gasteiger partial charge in [0.2, 0.25) is 0 Å². The van der Waals surface area contributed by atoms with Crippen molar-refractivity contribution in [3.63, 3.8) is 0 Å². The Morgan fingerprint density at radius 1 is 1.00 bits per heavy atom. The molecular formula is C16H33N. The molecule has 0 aliphatic carbocycles. The van der Waals surface area contributed by atoms with Crippen molar-refractivity contribution in [1.29, 1.82) is 0 Å². The molecule has 0 aromatic rings. The molecule has 4 unspecified atom stereocenters. The first kappa shape index (κ1) is 15.0. The molecule has 1 heterocycles. The molecule has 1 nitrogen and oxygen atoms in total. The third kappa shape index (κ3) is 3.98. The zero-order valence-electron chi connectivity index (χ0n) is 12.6. The Kier molecular flexibility index (Phi) is 6.54. The van der Waals surface area contributed by atoms with Crippen LogP contribution in [0.1, 0.15) is 73.1 Å². The van der Waals surface area contributed by atoms with Crippen LogP contribution < -0.4 is 5.32 Å².